The number of carbonyl (C=O) groups excluding carboxylic acids is 1. The lowest BCUT2D eigenvalue weighted by molar-refractivity contribution is -0.123. The van der Waals surface area contributed by atoms with Gasteiger partial charge in [-0.1, -0.05) is 6.92 Å². The summed E-state index contributed by atoms with van der Waals surface area (Å²) in [5.41, 5.74) is 9.17. The van der Waals surface area contributed by atoms with Crippen molar-refractivity contribution < 1.29 is 9.53 Å². The Hall–Kier alpha value is -1.71. The van der Waals surface area contributed by atoms with Gasteiger partial charge in [0.2, 0.25) is 0 Å². The molecule has 0 spiro atoms. The van der Waals surface area contributed by atoms with E-state index in [0.717, 1.165) is 16.9 Å². The third-order valence-electron chi connectivity index (χ3n) is 2.98. The maximum atomic E-state index is 11.7. The highest BCUT2D eigenvalue weighted by molar-refractivity contribution is 5.99. The molecule has 4 heteroatoms. The second kappa shape index (κ2) is 3.70. The van der Waals surface area contributed by atoms with Crippen LogP contribution < -0.4 is 15.8 Å². The number of nitrogen functional groups attached to an aromatic ring is 1. The third kappa shape index (κ3) is 1.50. The fourth-order valence-corrected chi connectivity index (χ4v) is 1.89. The summed E-state index contributed by atoms with van der Waals surface area (Å²) in [4.78, 5) is 11.7. The number of amides is 1. The van der Waals surface area contributed by atoms with Crippen LogP contribution in [0.4, 0.5) is 11.4 Å². The lowest BCUT2D eigenvalue weighted by atomic mass is 10.0. The smallest absolute Gasteiger partial charge is 0.265 e. The van der Waals surface area contributed by atoms with Gasteiger partial charge < -0.3 is 15.8 Å². The highest BCUT2D eigenvalue weighted by atomic mass is 16.5. The van der Waals surface area contributed by atoms with Gasteiger partial charge in [0, 0.05) is 5.69 Å². The first-order chi connectivity index (χ1) is 7.54. The largest absolute Gasteiger partial charge is 0.478 e. The average molecular weight is 220 g/mol. The fourth-order valence-electron chi connectivity index (χ4n) is 1.89. The fraction of sp³-hybridized carbons (Fsp3) is 0.417. The van der Waals surface area contributed by atoms with E-state index < -0.39 is 6.10 Å². The Balaban J connectivity index is 2.51. The Morgan fingerprint density at radius 2 is 2.19 bits per heavy atom. The monoisotopic (exact) mass is 220 g/mol. The maximum absolute atomic E-state index is 11.7. The lowest BCUT2D eigenvalue weighted by Crippen LogP contribution is -2.36. The maximum Gasteiger partial charge on any atom is 0.265 e. The molecule has 1 atom stereocenters. The molecule has 0 radical (unpaired) electrons. The van der Waals surface area contributed by atoms with Crippen molar-refractivity contribution in [2.75, 3.05) is 11.1 Å². The summed E-state index contributed by atoms with van der Waals surface area (Å²) in [6, 6.07) is 1.87. The minimum atomic E-state index is -0.394. The van der Waals surface area contributed by atoms with Crippen LogP contribution in [0.5, 0.6) is 5.75 Å². The summed E-state index contributed by atoms with van der Waals surface area (Å²) in [5.74, 6) is 0.622. The number of nitrogens with two attached hydrogens (primary N) is 1. The molecule has 0 aromatic heterocycles. The van der Waals surface area contributed by atoms with Gasteiger partial charge in [0.15, 0.2) is 6.10 Å². The van der Waals surface area contributed by atoms with E-state index in [2.05, 4.69) is 5.32 Å². The summed E-state index contributed by atoms with van der Waals surface area (Å²) in [6.07, 6.45) is 0.267. The minimum Gasteiger partial charge on any atom is -0.478 e. The van der Waals surface area contributed by atoms with Gasteiger partial charge in [-0.05, 0) is 37.5 Å². The van der Waals surface area contributed by atoms with Crippen molar-refractivity contribution in [1.29, 1.82) is 0 Å². The van der Waals surface area contributed by atoms with E-state index in [1.54, 1.807) is 0 Å². The Bertz CT molecular complexity index is 455. The van der Waals surface area contributed by atoms with Crippen LogP contribution in [0.3, 0.4) is 0 Å². The van der Waals surface area contributed by atoms with Gasteiger partial charge in [-0.2, -0.15) is 0 Å². The van der Waals surface area contributed by atoms with Crippen LogP contribution in [-0.4, -0.2) is 12.0 Å². The van der Waals surface area contributed by atoms with Gasteiger partial charge >= 0.3 is 0 Å². The number of rotatable bonds is 1. The highest BCUT2D eigenvalue weighted by Gasteiger charge is 2.28. The molecule has 1 aromatic rings. The molecule has 0 fully saturated rings. The highest BCUT2D eigenvalue weighted by Crippen LogP contribution is 2.38. The zero-order valence-corrected chi connectivity index (χ0v) is 9.76. The molecule has 3 N–H and O–H groups in total. The molecule has 1 aromatic carbocycles. The second-order valence-corrected chi connectivity index (χ2v) is 4.11. The Morgan fingerprint density at radius 3 is 2.81 bits per heavy atom. The summed E-state index contributed by atoms with van der Waals surface area (Å²) < 4.78 is 5.64. The van der Waals surface area contributed by atoms with E-state index in [0.29, 0.717) is 17.8 Å². The quantitative estimate of drug-likeness (QED) is 0.711. The molecule has 16 heavy (non-hydrogen) atoms. The zero-order valence-electron chi connectivity index (χ0n) is 9.76. The molecule has 2 rings (SSSR count). The van der Waals surface area contributed by atoms with E-state index >= 15 is 0 Å². The molecule has 0 aliphatic carbocycles. The molecule has 1 aliphatic heterocycles. The molecule has 0 saturated heterocycles. The van der Waals surface area contributed by atoms with E-state index in [4.69, 9.17) is 10.5 Å². The Labute approximate surface area is 94.8 Å². The number of anilines is 2. The first-order valence-corrected chi connectivity index (χ1v) is 5.41. The number of nitrogens with one attached hydrogen (secondary N) is 1. The number of fused-ring (bicyclic) bond motifs is 1. The molecule has 1 aliphatic rings. The predicted molar refractivity (Wildman–Crippen MR) is 63.7 cm³/mol. The molecule has 86 valence electrons. The summed E-state index contributed by atoms with van der Waals surface area (Å²) in [6.45, 7) is 5.74. The van der Waals surface area contributed by atoms with Crippen LogP contribution in [-0.2, 0) is 4.79 Å². The number of benzene rings is 1. The third-order valence-corrected chi connectivity index (χ3v) is 2.98. The summed E-state index contributed by atoms with van der Waals surface area (Å²) in [7, 11) is 0. The van der Waals surface area contributed by atoms with Crippen LogP contribution in [0.15, 0.2) is 6.07 Å². The van der Waals surface area contributed by atoms with E-state index in [1.807, 2.05) is 26.8 Å². The van der Waals surface area contributed by atoms with Crippen molar-refractivity contribution in [1.82, 2.24) is 0 Å². The van der Waals surface area contributed by atoms with Gasteiger partial charge in [-0.25, -0.2) is 0 Å². The summed E-state index contributed by atoms with van der Waals surface area (Å²) in [5, 5.41) is 2.85. The van der Waals surface area contributed by atoms with Gasteiger partial charge in [0.1, 0.15) is 5.75 Å². The Morgan fingerprint density at radius 1 is 1.50 bits per heavy atom. The van der Waals surface area contributed by atoms with Gasteiger partial charge in [0.05, 0.1) is 5.69 Å². The van der Waals surface area contributed by atoms with Crippen LogP contribution in [0, 0.1) is 13.8 Å². The van der Waals surface area contributed by atoms with Gasteiger partial charge in [0.25, 0.3) is 5.91 Å². The average Bonchev–Trinajstić information content (AvgIpc) is 2.27. The van der Waals surface area contributed by atoms with Crippen molar-refractivity contribution in [3.8, 4) is 5.75 Å². The van der Waals surface area contributed by atoms with Gasteiger partial charge in [-0.15, -0.1) is 0 Å². The van der Waals surface area contributed by atoms with E-state index in [9.17, 15) is 4.79 Å². The van der Waals surface area contributed by atoms with E-state index in [1.165, 1.54) is 0 Å². The van der Waals surface area contributed by atoms with Gasteiger partial charge in [-0.3, -0.25) is 4.79 Å². The van der Waals surface area contributed by atoms with Crippen molar-refractivity contribution in [2.45, 2.75) is 33.3 Å². The number of aryl methyl sites for hydroxylation is 1. The normalized spacial score (nSPS) is 18.7. The number of hydrogen-bond donors (Lipinski definition) is 2. The second-order valence-electron chi connectivity index (χ2n) is 4.11. The molecule has 1 heterocycles. The number of carbonyl (C=O) groups is 1. The minimum absolute atomic E-state index is 0.0960. The molecular weight excluding hydrogens is 204 g/mol. The van der Waals surface area contributed by atoms with E-state index in [-0.39, 0.29) is 5.91 Å². The molecule has 1 unspecified atom stereocenters. The van der Waals surface area contributed by atoms with Crippen molar-refractivity contribution in [2.24, 2.45) is 0 Å². The van der Waals surface area contributed by atoms with Crippen LogP contribution in [0.2, 0.25) is 0 Å². The lowest BCUT2D eigenvalue weighted by Gasteiger charge is -2.27. The van der Waals surface area contributed by atoms with Crippen LogP contribution >= 0.6 is 0 Å². The first-order valence-electron chi connectivity index (χ1n) is 5.41. The first kappa shape index (κ1) is 10.8. The topological polar surface area (TPSA) is 64.3 Å². The van der Waals surface area contributed by atoms with Crippen molar-refractivity contribution in [3.05, 3.63) is 17.2 Å². The molecule has 0 saturated carbocycles. The molecule has 0 bridgehead atoms. The summed E-state index contributed by atoms with van der Waals surface area (Å²) >= 11 is 0. The standard InChI is InChI=1S/C12H16N2O2/c1-4-8-12(15)14-11-7(3)10(13)6(2)5-9(11)16-8/h5,8H,4,13H2,1-3H3,(H,14,15). The molecular formula is C12H16N2O2. The van der Waals surface area contributed by atoms with Crippen molar-refractivity contribution >= 4 is 17.3 Å². The Kier molecular flexibility index (Phi) is 2.50. The molecule has 1 amide bonds. The van der Waals surface area contributed by atoms with Crippen LogP contribution in [0.1, 0.15) is 24.5 Å². The molecule has 4 nitrogen and oxygen atoms in total. The predicted octanol–water partition coefficient (Wildman–Crippen LogP) is 2.00. The number of hydrogen-bond acceptors (Lipinski definition) is 3. The SMILES string of the molecule is CCC1Oc2cc(C)c(N)c(C)c2NC1=O. The zero-order chi connectivity index (χ0) is 11.9. The number of ether oxygens (including phenoxy) is 1. The van der Waals surface area contributed by atoms with Crippen molar-refractivity contribution in [3.63, 3.8) is 0 Å². The van der Waals surface area contributed by atoms with Crippen LogP contribution in [0.25, 0.3) is 0 Å².